The Bertz CT molecular complexity index is 2060. The maximum Gasteiger partial charge on any atom is 0.231 e. The van der Waals surface area contributed by atoms with Gasteiger partial charge in [-0.25, -0.2) is 9.97 Å². The third-order valence-corrected chi connectivity index (χ3v) is 9.46. The van der Waals surface area contributed by atoms with Crippen LogP contribution in [0.2, 0.25) is 0 Å². The topological polar surface area (TPSA) is 42.2 Å². The second-order valence-electron chi connectivity index (χ2n) is 12.0. The summed E-state index contributed by atoms with van der Waals surface area (Å²) in [6.07, 6.45) is 23.1. The van der Waals surface area contributed by atoms with Crippen LogP contribution in [0.25, 0.3) is 33.9 Å². The summed E-state index contributed by atoms with van der Waals surface area (Å²) >= 11 is 0. The summed E-state index contributed by atoms with van der Waals surface area (Å²) in [6, 6.07) is 27.9. The van der Waals surface area contributed by atoms with Crippen molar-refractivity contribution in [2.75, 3.05) is 4.90 Å². The van der Waals surface area contributed by atoms with E-state index in [9.17, 15) is 0 Å². The first-order chi connectivity index (χ1) is 21.8. The van der Waals surface area contributed by atoms with Crippen LogP contribution in [0, 0.1) is 0 Å². The molecule has 1 aliphatic heterocycles. The molecule has 4 aliphatic rings. The lowest BCUT2D eigenvalue weighted by Crippen LogP contribution is -2.30. The van der Waals surface area contributed by atoms with Crippen molar-refractivity contribution in [2.24, 2.45) is 0 Å². The van der Waals surface area contributed by atoms with Crippen LogP contribution in [0.4, 0.5) is 11.6 Å². The number of furan rings is 1. The molecule has 0 N–H and O–H groups in total. The highest BCUT2D eigenvalue weighted by molar-refractivity contribution is 5.95. The van der Waals surface area contributed by atoms with Gasteiger partial charge in [-0.05, 0) is 54.7 Å². The Morgan fingerprint density at radius 1 is 0.795 bits per heavy atom. The van der Waals surface area contributed by atoms with Gasteiger partial charge in [-0.3, -0.25) is 0 Å². The van der Waals surface area contributed by atoms with Crippen LogP contribution in [0.3, 0.4) is 0 Å². The Morgan fingerprint density at radius 3 is 2.45 bits per heavy atom. The number of anilines is 2. The van der Waals surface area contributed by atoms with E-state index in [0.717, 1.165) is 58.8 Å². The molecule has 4 nitrogen and oxygen atoms in total. The molecule has 0 saturated carbocycles. The number of hydrogen-bond donors (Lipinski definition) is 0. The summed E-state index contributed by atoms with van der Waals surface area (Å²) in [5.41, 5.74) is 10.1. The molecule has 0 spiro atoms. The summed E-state index contributed by atoms with van der Waals surface area (Å²) in [5, 5.41) is 1.23. The first kappa shape index (κ1) is 25.3. The van der Waals surface area contributed by atoms with Crippen LogP contribution in [0.15, 0.2) is 132 Å². The summed E-state index contributed by atoms with van der Waals surface area (Å²) in [7, 11) is 0. The number of fused-ring (bicyclic) bond motifs is 7. The lowest BCUT2D eigenvalue weighted by atomic mass is 9.89. The molecule has 3 aromatic carbocycles. The van der Waals surface area contributed by atoms with Crippen molar-refractivity contribution in [3.8, 4) is 11.3 Å². The Labute approximate surface area is 257 Å². The number of allylic oxidation sites excluding steroid dienone is 7. The molecule has 0 fully saturated rings. The van der Waals surface area contributed by atoms with Gasteiger partial charge in [-0.15, -0.1) is 0 Å². The zero-order valence-corrected chi connectivity index (χ0v) is 24.3. The van der Waals surface area contributed by atoms with Crippen LogP contribution in [0.5, 0.6) is 0 Å². The Kier molecular flexibility index (Phi) is 5.86. The molecule has 0 radical (unpaired) electrons. The SMILES string of the molecule is C1=CC2c3c(ccc4c5c(oc34)C=CCC5)N(c3nc(C4=CCC(c5ccccc5)C=C4)cc(-c4ccccc4)n3)C2C=C1. The Hall–Kier alpha value is -5.22. The Balaban J connectivity index is 1.19. The molecule has 3 heterocycles. The van der Waals surface area contributed by atoms with Gasteiger partial charge in [0.25, 0.3) is 0 Å². The van der Waals surface area contributed by atoms with Crippen LogP contribution in [0.1, 0.15) is 52.8 Å². The number of benzene rings is 3. The van der Waals surface area contributed by atoms with E-state index < -0.39 is 0 Å². The van der Waals surface area contributed by atoms with Crippen LogP contribution < -0.4 is 4.90 Å². The number of hydrogen-bond acceptors (Lipinski definition) is 4. The third kappa shape index (κ3) is 4.05. The molecule has 5 aromatic rings. The van der Waals surface area contributed by atoms with Gasteiger partial charge in [-0.1, -0.05) is 109 Å². The van der Waals surface area contributed by atoms with Crippen LogP contribution >= 0.6 is 0 Å². The van der Waals surface area contributed by atoms with E-state index in [1.54, 1.807) is 0 Å². The molecular formula is C40H31N3O. The smallest absolute Gasteiger partial charge is 0.231 e. The Morgan fingerprint density at radius 2 is 1.61 bits per heavy atom. The minimum Gasteiger partial charge on any atom is -0.456 e. The zero-order valence-electron chi connectivity index (χ0n) is 24.3. The molecular weight excluding hydrogens is 538 g/mol. The van der Waals surface area contributed by atoms with Gasteiger partial charge in [0, 0.05) is 33.9 Å². The largest absolute Gasteiger partial charge is 0.456 e. The van der Waals surface area contributed by atoms with Gasteiger partial charge in [0.1, 0.15) is 11.3 Å². The molecule has 9 rings (SSSR count). The average molecular weight is 570 g/mol. The van der Waals surface area contributed by atoms with E-state index in [2.05, 4.69) is 132 Å². The lowest BCUT2D eigenvalue weighted by Gasteiger charge is -2.27. The minimum absolute atomic E-state index is 0.0653. The van der Waals surface area contributed by atoms with Crippen molar-refractivity contribution in [2.45, 2.75) is 37.1 Å². The standard InChI is InChI=1S/C40H31N3O/c1-3-11-26(12-4-1)27-19-21-29(22-20-27)34-25-33(28-13-5-2-6-14-28)41-40(42-34)43-35-17-9-7-16-32(35)38-36(43)24-23-31-30-15-8-10-18-37(30)44-39(31)38/h1-7,9-14,16-19,21-25,27,32,35H,8,15,20H2. The third-order valence-electron chi connectivity index (χ3n) is 9.46. The fourth-order valence-electron chi connectivity index (χ4n) is 7.30. The van der Waals surface area contributed by atoms with Crippen molar-refractivity contribution in [3.05, 3.63) is 156 Å². The molecule has 0 bridgehead atoms. The molecule has 0 saturated heterocycles. The molecule has 212 valence electrons. The number of nitrogens with zero attached hydrogens (tertiary/aromatic N) is 3. The van der Waals surface area contributed by atoms with Crippen molar-refractivity contribution >= 4 is 34.3 Å². The van der Waals surface area contributed by atoms with Crippen LogP contribution in [-0.2, 0) is 6.42 Å². The van der Waals surface area contributed by atoms with E-state index in [0.29, 0.717) is 11.9 Å². The fraction of sp³-hybridized carbons (Fsp3) is 0.150. The van der Waals surface area contributed by atoms with Crippen molar-refractivity contribution in [1.29, 1.82) is 0 Å². The molecule has 4 heteroatoms. The maximum absolute atomic E-state index is 6.59. The van der Waals surface area contributed by atoms with E-state index in [4.69, 9.17) is 14.4 Å². The number of aromatic nitrogens is 2. The second kappa shape index (κ2) is 10.2. The predicted molar refractivity (Wildman–Crippen MR) is 179 cm³/mol. The first-order valence-electron chi connectivity index (χ1n) is 15.6. The van der Waals surface area contributed by atoms with E-state index in [1.165, 1.54) is 22.1 Å². The zero-order chi connectivity index (χ0) is 29.0. The summed E-state index contributed by atoms with van der Waals surface area (Å²) in [4.78, 5) is 12.9. The van der Waals surface area contributed by atoms with E-state index >= 15 is 0 Å². The van der Waals surface area contributed by atoms with E-state index in [-0.39, 0.29) is 12.0 Å². The molecule has 2 aromatic heterocycles. The quantitative estimate of drug-likeness (QED) is 0.216. The molecule has 0 amide bonds. The van der Waals surface area contributed by atoms with Crippen molar-refractivity contribution < 1.29 is 4.42 Å². The van der Waals surface area contributed by atoms with Gasteiger partial charge >= 0.3 is 0 Å². The summed E-state index contributed by atoms with van der Waals surface area (Å²) < 4.78 is 6.59. The molecule has 3 atom stereocenters. The van der Waals surface area contributed by atoms with Crippen LogP contribution in [-0.4, -0.2) is 16.0 Å². The first-order valence-corrected chi connectivity index (χ1v) is 15.6. The van der Waals surface area contributed by atoms with Gasteiger partial charge in [-0.2, -0.15) is 0 Å². The average Bonchev–Trinajstić information content (AvgIpc) is 3.65. The molecule has 3 aliphatic carbocycles. The highest BCUT2D eigenvalue weighted by Gasteiger charge is 2.41. The highest BCUT2D eigenvalue weighted by Crippen LogP contribution is 2.51. The number of rotatable bonds is 4. The second-order valence-corrected chi connectivity index (χ2v) is 12.0. The van der Waals surface area contributed by atoms with Crippen molar-refractivity contribution in [3.63, 3.8) is 0 Å². The highest BCUT2D eigenvalue weighted by atomic mass is 16.3. The number of aryl methyl sites for hydroxylation is 1. The van der Waals surface area contributed by atoms with Gasteiger partial charge in [0.15, 0.2) is 0 Å². The minimum atomic E-state index is 0.0653. The van der Waals surface area contributed by atoms with Gasteiger partial charge < -0.3 is 9.32 Å². The lowest BCUT2D eigenvalue weighted by molar-refractivity contribution is 0.589. The summed E-state index contributed by atoms with van der Waals surface area (Å²) in [6.45, 7) is 0. The fourth-order valence-corrected chi connectivity index (χ4v) is 7.30. The van der Waals surface area contributed by atoms with Crippen molar-refractivity contribution in [1.82, 2.24) is 9.97 Å². The van der Waals surface area contributed by atoms with Gasteiger partial charge in [0.05, 0.1) is 23.1 Å². The maximum atomic E-state index is 6.59. The monoisotopic (exact) mass is 569 g/mol. The predicted octanol–water partition coefficient (Wildman–Crippen LogP) is 9.71. The molecule has 3 unspecified atom stereocenters. The summed E-state index contributed by atoms with van der Waals surface area (Å²) in [5.74, 6) is 2.24. The van der Waals surface area contributed by atoms with Gasteiger partial charge in [0.2, 0.25) is 5.95 Å². The molecule has 44 heavy (non-hydrogen) atoms. The normalized spacial score (nSPS) is 21.3. The van der Waals surface area contributed by atoms with E-state index in [1.807, 2.05) is 6.07 Å².